The number of fused-ring (bicyclic) bond motifs is 3. The van der Waals surface area contributed by atoms with Crippen LogP contribution < -0.4 is 5.32 Å². The Kier molecular flexibility index (Phi) is 4.55. The van der Waals surface area contributed by atoms with E-state index < -0.39 is 0 Å². The fourth-order valence-corrected chi connectivity index (χ4v) is 3.55. The van der Waals surface area contributed by atoms with Gasteiger partial charge in [0, 0.05) is 45.3 Å². The highest BCUT2D eigenvalue weighted by Crippen LogP contribution is 2.21. The smallest absolute Gasteiger partial charge is 0.167 e. The number of nitrogens with one attached hydrogen (secondary N) is 1. The van der Waals surface area contributed by atoms with Crippen molar-refractivity contribution in [1.29, 1.82) is 5.26 Å². The molecule has 1 atom stereocenters. The molecule has 0 aliphatic carbocycles. The minimum Gasteiger partial charge on any atom is -0.366 e. The van der Waals surface area contributed by atoms with Crippen molar-refractivity contribution in [2.24, 2.45) is 0 Å². The van der Waals surface area contributed by atoms with Gasteiger partial charge in [-0.3, -0.25) is 9.80 Å². The number of nitrogens with zero attached hydrogens (tertiary/aromatic N) is 5. The van der Waals surface area contributed by atoms with E-state index in [0.29, 0.717) is 17.4 Å². The van der Waals surface area contributed by atoms with E-state index in [2.05, 4.69) is 45.2 Å². The van der Waals surface area contributed by atoms with Gasteiger partial charge in [-0.15, -0.1) is 5.10 Å². The number of aryl methyl sites for hydroxylation is 1. The predicted octanol–water partition coefficient (Wildman–Crippen LogP) is 0.885. The second-order valence-electron chi connectivity index (χ2n) is 6.04. The first-order valence-electron chi connectivity index (χ1n) is 8.25. The summed E-state index contributed by atoms with van der Waals surface area (Å²) in [6.07, 6.45) is 1.64. The van der Waals surface area contributed by atoms with Crippen molar-refractivity contribution in [2.45, 2.75) is 32.7 Å². The minimum absolute atomic E-state index is 0.506. The molecule has 3 saturated heterocycles. The van der Waals surface area contributed by atoms with Gasteiger partial charge in [0.2, 0.25) is 0 Å². The summed E-state index contributed by atoms with van der Waals surface area (Å²) in [4.78, 5) is 5.05. The van der Waals surface area contributed by atoms with Gasteiger partial charge in [-0.2, -0.15) is 10.4 Å². The van der Waals surface area contributed by atoms with Crippen LogP contribution in [0.2, 0.25) is 0 Å². The Balaban J connectivity index is 1.74. The molecule has 4 heterocycles. The van der Waals surface area contributed by atoms with E-state index in [4.69, 9.17) is 0 Å². The van der Waals surface area contributed by atoms with E-state index in [-0.39, 0.29) is 0 Å². The zero-order chi connectivity index (χ0) is 15.5. The predicted molar refractivity (Wildman–Crippen MR) is 85.8 cm³/mol. The van der Waals surface area contributed by atoms with E-state index in [1.807, 2.05) is 0 Å². The van der Waals surface area contributed by atoms with Crippen molar-refractivity contribution in [3.63, 3.8) is 0 Å². The summed E-state index contributed by atoms with van der Waals surface area (Å²) >= 11 is 0. The van der Waals surface area contributed by atoms with Crippen LogP contribution >= 0.6 is 0 Å². The quantitative estimate of drug-likeness (QED) is 0.871. The lowest BCUT2D eigenvalue weighted by Gasteiger charge is -2.47. The normalized spacial score (nSPS) is 26.7. The molecular weight excluding hydrogens is 276 g/mol. The molecule has 3 aliphatic heterocycles. The highest BCUT2D eigenvalue weighted by molar-refractivity contribution is 5.56. The highest BCUT2D eigenvalue weighted by Gasteiger charge is 2.31. The third kappa shape index (κ3) is 2.79. The highest BCUT2D eigenvalue weighted by atomic mass is 15.4. The van der Waals surface area contributed by atoms with Gasteiger partial charge in [0.05, 0.1) is 5.69 Å². The fraction of sp³-hybridized carbons (Fsp3) is 0.688. The number of hydrogen-bond acceptors (Lipinski definition) is 6. The van der Waals surface area contributed by atoms with Crippen LogP contribution in [0.4, 0.5) is 5.82 Å². The van der Waals surface area contributed by atoms with Gasteiger partial charge in [-0.1, -0.05) is 13.8 Å². The molecule has 1 unspecified atom stereocenters. The molecule has 0 aromatic carbocycles. The Bertz CT molecular complexity index is 571. The molecule has 1 aromatic rings. The summed E-state index contributed by atoms with van der Waals surface area (Å²) in [5, 5.41) is 21.5. The van der Waals surface area contributed by atoms with Gasteiger partial charge in [-0.05, 0) is 18.4 Å². The molecule has 0 radical (unpaired) electrons. The van der Waals surface area contributed by atoms with E-state index >= 15 is 0 Å². The monoisotopic (exact) mass is 300 g/mol. The zero-order valence-corrected chi connectivity index (χ0v) is 13.5. The average molecular weight is 300 g/mol. The van der Waals surface area contributed by atoms with Crippen molar-refractivity contribution in [1.82, 2.24) is 20.0 Å². The first-order chi connectivity index (χ1) is 10.8. The van der Waals surface area contributed by atoms with Crippen LogP contribution in [0.15, 0.2) is 0 Å². The summed E-state index contributed by atoms with van der Waals surface area (Å²) < 4.78 is 0. The molecule has 6 heteroatoms. The Morgan fingerprint density at radius 1 is 1.18 bits per heavy atom. The van der Waals surface area contributed by atoms with Gasteiger partial charge in [-0.25, -0.2) is 0 Å². The topological polar surface area (TPSA) is 68.1 Å². The van der Waals surface area contributed by atoms with Crippen molar-refractivity contribution < 1.29 is 0 Å². The number of nitriles is 1. The summed E-state index contributed by atoms with van der Waals surface area (Å²) in [6.45, 7) is 10.7. The second kappa shape index (κ2) is 6.59. The molecule has 0 amide bonds. The van der Waals surface area contributed by atoms with Crippen LogP contribution in [0.25, 0.3) is 0 Å². The lowest BCUT2D eigenvalue weighted by atomic mass is 10.0. The molecule has 3 fully saturated rings. The van der Waals surface area contributed by atoms with Crippen molar-refractivity contribution >= 4 is 5.82 Å². The third-order valence-corrected chi connectivity index (χ3v) is 4.86. The molecule has 0 spiro atoms. The number of hydrogen-bond donors (Lipinski definition) is 1. The number of aromatic nitrogens is 2. The lowest BCUT2D eigenvalue weighted by Crippen LogP contribution is -2.62. The van der Waals surface area contributed by atoms with Crippen LogP contribution in [-0.4, -0.2) is 65.3 Å². The van der Waals surface area contributed by atoms with E-state index in [1.54, 1.807) is 0 Å². The molecule has 1 aromatic heterocycles. The van der Waals surface area contributed by atoms with Crippen LogP contribution in [0.1, 0.15) is 30.7 Å². The maximum Gasteiger partial charge on any atom is 0.167 e. The largest absolute Gasteiger partial charge is 0.366 e. The average Bonchev–Trinajstić information content (AvgIpc) is 2.59. The van der Waals surface area contributed by atoms with Gasteiger partial charge < -0.3 is 5.32 Å². The Morgan fingerprint density at radius 2 is 1.95 bits per heavy atom. The van der Waals surface area contributed by atoms with Gasteiger partial charge in [0.25, 0.3) is 0 Å². The molecule has 118 valence electrons. The Hall–Kier alpha value is -1.71. The molecule has 1 N–H and O–H groups in total. The first kappa shape index (κ1) is 15.2. The molecule has 2 bridgehead atoms. The van der Waals surface area contributed by atoms with Crippen LogP contribution in [0.3, 0.4) is 0 Å². The molecule has 3 aliphatic rings. The zero-order valence-electron chi connectivity index (χ0n) is 13.5. The fourth-order valence-electron chi connectivity index (χ4n) is 3.55. The molecule has 6 nitrogen and oxygen atoms in total. The Morgan fingerprint density at radius 3 is 2.50 bits per heavy atom. The summed E-state index contributed by atoms with van der Waals surface area (Å²) in [5.41, 5.74) is 2.65. The number of piperazine rings is 3. The molecule has 0 saturated carbocycles. The maximum absolute atomic E-state index is 9.52. The number of rotatable bonds is 5. The van der Waals surface area contributed by atoms with E-state index in [0.717, 1.165) is 50.3 Å². The van der Waals surface area contributed by atoms with Crippen molar-refractivity contribution in [3.8, 4) is 6.07 Å². The Labute approximate surface area is 132 Å². The molecular formula is C16H24N6. The first-order valence-corrected chi connectivity index (χ1v) is 8.25. The summed E-state index contributed by atoms with van der Waals surface area (Å²) in [5.74, 6) is 0.647. The SMILES string of the molecule is CCc1nnc(NCC2CN3CCN2CC3)c(C#N)c1CC. The minimum atomic E-state index is 0.506. The van der Waals surface area contributed by atoms with Crippen molar-refractivity contribution in [3.05, 3.63) is 16.8 Å². The summed E-state index contributed by atoms with van der Waals surface area (Å²) in [6, 6.07) is 2.83. The van der Waals surface area contributed by atoms with E-state index in [1.165, 1.54) is 13.1 Å². The standard InChI is InChI=1S/C16H24N6/c1-3-13-14(9-17)16(20-19-15(13)4-2)18-10-12-11-21-5-7-22(12)8-6-21/h12H,3-8,10-11H2,1-2H3,(H,18,20). The van der Waals surface area contributed by atoms with Crippen LogP contribution in [0, 0.1) is 11.3 Å². The van der Waals surface area contributed by atoms with E-state index in [9.17, 15) is 5.26 Å². The third-order valence-electron chi connectivity index (χ3n) is 4.86. The maximum atomic E-state index is 9.52. The van der Waals surface area contributed by atoms with Gasteiger partial charge in [0.1, 0.15) is 11.6 Å². The van der Waals surface area contributed by atoms with Gasteiger partial charge in [0.15, 0.2) is 5.82 Å². The number of anilines is 1. The van der Waals surface area contributed by atoms with Gasteiger partial charge >= 0.3 is 0 Å². The lowest BCUT2D eigenvalue weighted by molar-refractivity contribution is 0.0189. The molecule has 4 rings (SSSR count). The molecule has 22 heavy (non-hydrogen) atoms. The van der Waals surface area contributed by atoms with Crippen LogP contribution in [-0.2, 0) is 12.8 Å². The van der Waals surface area contributed by atoms with Crippen LogP contribution in [0.5, 0.6) is 0 Å². The second-order valence-corrected chi connectivity index (χ2v) is 6.04. The summed E-state index contributed by atoms with van der Waals surface area (Å²) in [7, 11) is 0. The van der Waals surface area contributed by atoms with Crippen molar-refractivity contribution in [2.75, 3.05) is 44.6 Å².